The molecule has 0 radical (unpaired) electrons. The minimum Gasteiger partial charge on any atom is -0.504 e. The van der Waals surface area contributed by atoms with Gasteiger partial charge in [0.1, 0.15) is 5.75 Å². The number of ether oxygens (including phenoxy) is 1. The molecule has 0 heterocycles. The number of carbonyl (C=O) groups excluding carboxylic acids is 1. The molecule has 0 saturated carbocycles. The Labute approximate surface area is 145 Å². The quantitative estimate of drug-likeness (QED) is 0.699. The second-order valence-corrected chi connectivity index (χ2v) is 6.33. The summed E-state index contributed by atoms with van der Waals surface area (Å²) >= 11 is 5.82. The Morgan fingerprint density at radius 2 is 1.79 bits per heavy atom. The highest BCUT2D eigenvalue weighted by Gasteiger charge is 2.29. The summed E-state index contributed by atoms with van der Waals surface area (Å²) in [6.07, 6.45) is 0.524. The molecule has 0 unspecified atom stereocenters. The standard InChI is InChI=1S/C18H20ClNO4/c1-18(2,24-14-6-4-13(19)5-7-14)17(23)20-10-9-12-3-8-15(21)16(22)11-12/h3-8,11,21-22H,9-10H2,1-2H3,(H,20,23). The minimum absolute atomic E-state index is 0.166. The first-order valence-corrected chi connectivity index (χ1v) is 7.89. The molecule has 128 valence electrons. The average molecular weight is 350 g/mol. The number of halogens is 1. The third kappa shape index (κ3) is 4.80. The van der Waals surface area contributed by atoms with Gasteiger partial charge in [-0.2, -0.15) is 0 Å². The van der Waals surface area contributed by atoms with E-state index in [2.05, 4.69) is 5.32 Å². The summed E-state index contributed by atoms with van der Waals surface area (Å²) in [7, 11) is 0. The van der Waals surface area contributed by atoms with Crippen LogP contribution in [0.3, 0.4) is 0 Å². The predicted molar refractivity (Wildman–Crippen MR) is 92.6 cm³/mol. The summed E-state index contributed by atoms with van der Waals surface area (Å²) in [5, 5.41) is 22.1. The summed E-state index contributed by atoms with van der Waals surface area (Å²) in [6, 6.07) is 11.4. The molecule has 0 bridgehead atoms. The van der Waals surface area contributed by atoms with Crippen LogP contribution in [0.5, 0.6) is 17.2 Å². The van der Waals surface area contributed by atoms with Gasteiger partial charge in [-0.05, 0) is 62.2 Å². The molecule has 2 rings (SSSR count). The smallest absolute Gasteiger partial charge is 0.263 e. The van der Waals surface area contributed by atoms with Crippen LogP contribution in [0.1, 0.15) is 19.4 Å². The van der Waals surface area contributed by atoms with Crippen molar-refractivity contribution in [3.63, 3.8) is 0 Å². The number of hydrogen-bond donors (Lipinski definition) is 3. The number of phenols is 2. The molecule has 2 aromatic rings. The van der Waals surface area contributed by atoms with Gasteiger partial charge in [-0.1, -0.05) is 17.7 Å². The Hall–Kier alpha value is -2.40. The number of benzene rings is 2. The summed E-state index contributed by atoms with van der Waals surface area (Å²) in [5.74, 6) is -0.0334. The second kappa shape index (κ2) is 7.45. The van der Waals surface area contributed by atoms with E-state index < -0.39 is 5.60 Å². The molecule has 6 heteroatoms. The third-order valence-electron chi connectivity index (χ3n) is 3.47. The summed E-state index contributed by atoms with van der Waals surface area (Å²) in [6.45, 7) is 3.75. The van der Waals surface area contributed by atoms with Gasteiger partial charge in [0.25, 0.3) is 5.91 Å². The van der Waals surface area contributed by atoms with E-state index in [1.165, 1.54) is 12.1 Å². The van der Waals surface area contributed by atoms with Gasteiger partial charge in [-0.25, -0.2) is 0 Å². The van der Waals surface area contributed by atoms with E-state index in [0.717, 1.165) is 5.56 Å². The zero-order chi connectivity index (χ0) is 17.7. The number of rotatable bonds is 6. The fourth-order valence-corrected chi connectivity index (χ4v) is 2.23. The molecule has 0 spiro atoms. The lowest BCUT2D eigenvalue weighted by molar-refractivity contribution is -0.134. The zero-order valence-electron chi connectivity index (χ0n) is 13.5. The number of aromatic hydroxyl groups is 2. The van der Waals surface area contributed by atoms with E-state index in [0.29, 0.717) is 23.7 Å². The van der Waals surface area contributed by atoms with Crippen LogP contribution in [0.25, 0.3) is 0 Å². The molecule has 0 saturated heterocycles. The molecule has 1 amide bonds. The molecular formula is C18H20ClNO4. The zero-order valence-corrected chi connectivity index (χ0v) is 14.3. The molecule has 0 aliphatic rings. The summed E-state index contributed by atoms with van der Waals surface area (Å²) in [4.78, 5) is 12.3. The van der Waals surface area contributed by atoms with Crippen molar-refractivity contribution in [3.8, 4) is 17.2 Å². The van der Waals surface area contributed by atoms with Crippen molar-refractivity contribution in [1.29, 1.82) is 0 Å². The molecule has 0 fully saturated rings. The monoisotopic (exact) mass is 349 g/mol. The molecule has 0 aliphatic heterocycles. The molecule has 0 atom stereocenters. The normalized spacial score (nSPS) is 11.1. The van der Waals surface area contributed by atoms with Crippen molar-refractivity contribution in [2.45, 2.75) is 25.9 Å². The first kappa shape index (κ1) is 17.9. The van der Waals surface area contributed by atoms with Gasteiger partial charge in [0.05, 0.1) is 0 Å². The lowest BCUT2D eigenvalue weighted by atomic mass is 10.1. The van der Waals surface area contributed by atoms with E-state index in [1.54, 1.807) is 44.2 Å². The second-order valence-electron chi connectivity index (χ2n) is 5.90. The fraction of sp³-hybridized carbons (Fsp3) is 0.278. The van der Waals surface area contributed by atoms with Crippen molar-refractivity contribution in [3.05, 3.63) is 53.1 Å². The Bertz CT molecular complexity index is 713. The summed E-state index contributed by atoms with van der Waals surface area (Å²) < 4.78 is 5.71. The molecule has 3 N–H and O–H groups in total. The lowest BCUT2D eigenvalue weighted by Gasteiger charge is -2.25. The van der Waals surface area contributed by atoms with Crippen LogP contribution in [0, 0.1) is 0 Å². The molecule has 24 heavy (non-hydrogen) atoms. The lowest BCUT2D eigenvalue weighted by Crippen LogP contribution is -2.47. The van der Waals surface area contributed by atoms with Crippen molar-refractivity contribution in [2.24, 2.45) is 0 Å². The van der Waals surface area contributed by atoms with E-state index >= 15 is 0 Å². The van der Waals surface area contributed by atoms with E-state index in [4.69, 9.17) is 16.3 Å². The van der Waals surface area contributed by atoms with Crippen LogP contribution >= 0.6 is 11.6 Å². The van der Waals surface area contributed by atoms with Gasteiger partial charge in [0.15, 0.2) is 17.1 Å². The highest BCUT2D eigenvalue weighted by atomic mass is 35.5. The number of nitrogens with one attached hydrogen (secondary N) is 1. The van der Waals surface area contributed by atoms with Crippen LogP contribution in [0.4, 0.5) is 0 Å². The van der Waals surface area contributed by atoms with Gasteiger partial charge < -0.3 is 20.3 Å². The van der Waals surface area contributed by atoms with Crippen LogP contribution in [0.2, 0.25) is 5.02 Å². The summed E-state index contributed by atoms with van der Waals surface area (Å²) in [5.41, 5.74) is -0.229. The van der Waals surface area contributed by atoms with E-state index in [1.807, 2.05) is 0 Å². The molecule has 2 aromatic carbocycles. The van der Waals surface area contributed by atoms with E-state index in [-0.39, 0.29) is 17.4 Å². The van der Waals surface area contributed by atoms with Crippen LogP contribution < -0.4 is 10.1 Å². The van der Waals surface area contributed by atoms with Crippen LogP contribution in [-0.2, 0) is 11.2 Å². The SMILES string of the molecule is CC(C)(Oc1ccc(Cl)cc1)C(=O)NCCc1ccc(O)c(O)c1. The molecule has 0 aliphatic carbocycles. The minimum atomic E-state index is -1.04. The van der Waals surface area contributed by atoms with Crippen LogP contribution in [-0.4, -0.2) is 28.3 Å². The van der Waals surface area contributed by atoms with Gasteiger partial charge in [0.2, 0.25) is 0 Å². The predicted octanol–water partition coefficient (Wildman–Crippen LogP) is 3.27. The first-order valence-electron chi connectivity index (χ1n) is 7.52. The van der Waals surface area contributed by atoms with Gasteiger partial charge in [0, 0.05) is 11.6 Å². The maximum absolute atomic E-state index is 12.3. The topological polar surface area (TPSA) is 78.8 Å². The van der Waals surface area contributed by atoms with Crippen LogP contribution in [0.15, 0.2) is 42.5 Å². The largest absolute Gasteiger partial charge is 0.504 e. The number of hydrogen-bond acceptors (Lipinski definition) is 4. The van der Waals surface area contributed by atoms with Gasteiger partial charge in [-0.15, -0.1) is 0 Å². The van der Waals surface area contributed by atoms with Crippen molar-refractivity contribution < 1.29 is 19.7 Å². The number of phenolic OH excluding ortho intramolecular Hbond substituents is 2. The highest BCUT2D eigenvalue weighted by Crippen LogP contribution is 2.25. The molecule has 0 aromatic heterocycles. The third-order valence-corrected chi connectivity index (χ3v) is 3.72. The maximum atomic E-state index is 12.3. The fourth-order valence-electron chi connectivity index (χ4n) is 2.10. The molecule has 5 nitrogen and oxygen atoms in total. The van der Waals surface area contributed by atoms with E-state index in [9.17, 15) is 15.0 Å². The Kier molecular flexibility index (Phi) is 5.57. The number of amides is 1. The number of carbonyl (C=O) groups is 1. The van der Waals surface area contributed by atoms with Gasteiger partial charge in [-0.3, -0.25) is 4.79 Å². The average Bonchev–Trinajstić information content (AvgIpc) is 2.52. The van der Waals surface area contributed by atoms with Crippen molar-refractivity contribution in [1.82, 2.24) is 5.32 Å². The first-order chi connectivity index (χ1) is 11.3. The van der Waals surface area contributed by atoms with Crippen molar-refractivity contribution >= 4 is 17.5 Å². The van der Waals surface area contributed by atoms with Crippen molar-refractivity contribution in [2.75, 3.05) is 6.54 Å². The van der Waals surface area contributed by atoms with Gasteiger partial charge >= 0.3 is 0 Å². The maximum Gasteiger partial charge on any atom is 0.263 e. The molecular weight excluding hydrogens is 330 g/mol. The Morgan fingerprint density at radius 3 is 2.42 bits per heavy atom. The highest BCUT2D eigenvalue weighted by molar-refractivity contribution is 6.30. The Morgan fingerprint density at radius 1 is 1.12 bits per heavy atom. The Balaban J connectivity index is 1.88.